The third kappa shape index (κ3) is 3.22. The van der Waals surface area contributed by atoms with Gasteiger partial charge in [-0.2, -0.15) is 0 Å². The zero-order valence-electron chi connectivity index (χ0n) is 10.1. The maximum absolute atomic E-state index is 12.1. The normalized spacial score (nSPS) is 10.5. The second kappa shape index (κ2) is 5.55. The van der Waals surface area contributed by atoms with E-state index in [-0.39, 0.29) is 22.9 Å². The summed E-state index contributed by atoms with van der Waals surface area (Å²) < 4.78 is 1.24. The highest BCUT2D eigenvalue weighted by Gasteiger charge is 2.12. The van der Waals surface area contributed by atoms with Gasteiger partial charge >= 0.3 is 0 Å². The van der Waals surface area contributed by atoms with E-state index in [1.54, 1.807) is 19.1 Å². The van der Waals surface area contributed by atoms with Crippen molar-refractivity contribution < 1.29 is 4.79 Å². The predicted molar refractivity (Wildman–Crippen MR) is 74.0 cm³/mol. The van der Waals surface area contributed by atoms with Crippen LogP contribution in [0, 0.1) is 6.92 Å². The van der Waals surface area contributed by atoms with E-state index >= 15 is 0 Å². The van der Waals surface area contributed by atoms with Crippen LogP contribution in [0.4, 0.5) is 0 Å². The Kier molecular flexibility index (Phi) is 4.02. The zero-order chi connectivity index (χ0) is 14.0. The highest BCUT2D eigenvalue weighted by atomic mass is 35.5. The minimum absolute atomic E-state index is 0.104. The van der Waals surface area contributed by atoms with Gasteiger partial charge in [-0.1, -0.05) is 23.2 Å². The Bertz CT molecular complexity index is 695. The summed E-state index contributed by atoms with van der Waals surface area (Å²) in [5.41, 5.74) is 0.669. The molecule has 98 valence electrons. The first kappa shape index (κ1) is 13.8. The molecule has 1 heterocycles. The Morgan fingerprint density at radius 1 is 1.32 bits per heavy atom. The summed E-state index contributed by atoms with van der Waals surface area (Å²) in [7, 11) is 0. The van der Waals surface area contributed by atoms with E-state index in [9.17, 15) is 9.59 Å². The van der Waals surface area contributed by atoms with Crippen LogP contribution < -0.4 is 5.56 Å². The monoisotopic (exact) mass is 296 g/mol. The van der Waals surface area contributed by atoms with Crippen LogP contribution in [0.25, 0.3) is 0 Å². The van der Waals surface area contributed by atoms with E-state index in [2.05, 4.69) is 4.98 Å². The molecule has 0 radical (unpaired) electrons. The molecule has 0 unspecified atom stereocenters. The molecule has 0 bridgehead atoms. The number of benzene rings is 1. The molecule has 2 rings (SSSR count). The molecule has 4 nitrogen and oxygen atoms in total. The predicted octanol–water partition coefficient (Wildman–Crippen LogP) is 2.74. The van der Waals surface area contributed by atoms with Crippen molar-refractivity contribution in [3.05, 3.63) is 62.2 Å². The molecule has 1 aromatic carbocycles. The van der Waals surface area contributed by atoms with Gasteiger partial charge in [0.15, 0.2) is 5.78 Å². The van der Waals surface area contributed by atoms with E-state index in [1.165, 1.54) is 23.0 Å². The number of ketones is 1. The number of hydrogen-bond donors (Lipinski definition) is 0. The third-order valence-electron chi connectivity index (χ3n) is 2.56. The van der Waals surface area contributed by atoms with E-state index in [1.807, 2.05) is 0 Å². The lowest BCUT2D eigenvalue weighted by atomic mass is 10.1. The average Bonchev–Trinajstić information content (AvgIpc) is 2.32. The van der Waals surface area contributed by atoms with Crippen molar-refractivity contribution in [1.82, 2.24) is 9.55 Å². The molecule has 0 N–H and O–H groups in total. The summed E-state index contributed by atoms with van der Waals surface area (Å²) in [6, 6.07) is 5.99. The molecule has 0 aliphatic heterocycles. The number of carbonyl (C=O) groups excluding carboxylic acids is 1. The van der Waals surface area contributed by atoms with E-state index < -0.39 is 0 Å². The fourth-order valence-electron chi connectivity index (χ4n) is 1.59. The van der Waals surface area contributed by atoms with Crippen molar-refractivity contribution in [3.8, 4) is 0 Å². The van der Waals surface area contributed by atoms with Gasteiger partial charge in [0.05, 0.1) is 17.9 Å². The molecule has 1 aromatic heterocycles. The van der Waals surface area contributed by atoms with Gasteiger partial charge in [0.2, 0.25) is 0 Å². The number of halogens is 2. The van der Waals surface area contributed by atoms with Crippen LogP contribution in [0.3, 0.4) is 0 Å². The maximum atomic E-state index is 12.1. The van der Waals surface area contributed by atoms with Crippen LogP contribution >= 0.6 is 23.2 Å². The Morgan fingerprint density at radius 2 is 2.05 bits per heavy atom. The van der Waals surface area contributed by atoms with E-state index in [4.69, 9.17) is 23.2 Å². The SMILES string of the molecule is Cc1cc(=O)n(CC(=O)c2ccc(Cl)cc2Cl)cn1. The Hall–Kier alpha value is -1.65. The molecule has 6 heteroatoms. The lowest BCUT2D eigenvalue weighted by Gasteiger charge is -2.06. The molecular formula is C13H10Cl2N2O2. The van der Waals surface area contributed by atoms with Gasteiger partial charge in [-0.05, 0) is 25.1 Å². The molecule has 0 spiro atoms. The van der Waals surface area contributed by atoms with Crippen LogP contribution in [0.15, 0.2) is 35.4 Å². The highest BCUT2D eigenvalue weighted by Crippen LogP contribution is 2.21. The fourth-order valence-corrected chi connectivity index (χ4v) is 2.10. The highest BCUT2D eigenvalue weighted by molar-refractivity contribution is 6.36. The number of carbonyl (C=O) groups is 1. The van der Waals surface area contributed by atoms with Gasteiger partial charge in [-0.3, -0.25) is 14.2 Å². The summed E-state index contributed by atoms with van der Waals surface area (Å²) in [4.78, 5) is 27.7. The van der Waals surface area contributed by atoms with Crippen LogP contribution in [-0.4, -0.2) is 15.3 Å². The van der Waals surface area contributed by atoms with Gasteiger partial charge in [0.25, 0.3) is 5.56 Å². The van der Waals surface area contributed by atoms with Crippen molar-refractivity contribution in [3.63, 3.8) is 0 Å². The molecule has 19 heavy (non-hydrogen) atoms. The molecule has 0 aliphatic carbocycles. The van der Waals surface area contributed by atoms with E-state index in [0.29, 0.717) is 16.3 Å². The molecule has 0 atom stereocenters. The number of rotatable bonds is 3. The first-order valence-electron chi connectivity index (χ1n) is 5.48. The molecule has 0 fully saturated rings. The molecule has 0 saturated heterocycles. The van der Waals surface area contributed by atoms with Crippen molar-refractivity contribution >= 4 is 29.0 Å². The molecule has 0 saturated carbocycles. The van der Waals surface area contributed by atoms with Crippen LogP contribution in [-0.2, 0) is 6.54 Å². The maximum Gasteiger partial charge on any atom is 0.253 e. The number of aromatic nitrogens is 2. The first-order chi connectivity index (χ1) is 8.97. The Balaban J connectivity index is 2.28. The van der Waals surface area contributed by atoms with Crippen LogP contribution in [0.2, 0.25) is 10.0 Å². The van der Waals surface area contributed by atoms with Gasteiger partial charge in [0, 0.05) is 22.3 Å². The smallest absolute Gasteiger partial charge is 0.253 e. The Morgan fingerprint density at radius 3 is 2.68 bits per heavy atom. The summed E-state index contributed by atoms with van der Waals surface area (Å²) >= 11 is 11.7. The van der Waals surface area contributed by atoms with Gasteiger partial charge in [0.1, 0.15) is 0 Å². The van der Waals surface area contributed by atoms with Crippen molar-refractivity contribution in [2.45, 2.75) is 13.5 Å². The molecule has 0 aliphatic rings. The standard InChI is InChI=1S/C13H10Cl2N2O2/c1-8-4-13(19)17(7-16-8)6-12(18)10-3-2-9(14)5-11(10)15/h2-5,7H,6H2,1H3. The molecule has 2 aromatic rings. The molecule has 0 amide bonds. The summed E-state index contributed by atoms with van der Waals surface area (Å²) in [6.07, 6.45) is 1.35. The summed E-state index contributed by atoms with van der Waals surface area (Å²) in [5, 5.41) is 0.723. The summed E-state index contributed by atoms with van der Waals surface area (Å²) in [6.45, 7) is 1.61. The lowest BCUT2D eigenvalue weighted by Crippen LogP contribution is -2.24. The third-order valence-corrected chi connectivity index (χ3v) is 3.11. The number of nitrogens with zero attached hydrogens (tertiary/aromatic N) is 2. The minimum atomic E-state index is -0.272. The van der Waals surface area contributed by atoms with Crippen LogP contribution in [0.5, 0.6) is 0 Å². The van der Waals surface area contributed by atoms with Gasteiger partial charge < -0.3 is 0 Å². The Labute approximate surface area is 119 Å². The minimum Gasteiger partial charge on any atom is -0.292 e. The van der Waals surface area contributed by atoms with Gasteiger partial charge in [-0.15, -0.1) is 0 Å². The number of hydrogen-bond acceptors (Lipinski definition) is 3. The lowest BCUT2D eigenvalue weighted by molar-refractivity contribution is 0.0970. The van der Waals surface area contributed by atoms with Crippen molar-refractivity contribution in [2.75, 3.05) is 0 Å². The first-order valence-corrected chi connectivity index (χ1v) is 6.24. The van der Waals surface area contributed by atoms with Crippen LogP contribution in [0.1, 0.15) is 16.1 Å². The molecular weight excluding hydrogens is 287 g/mol. The zero-order valence-corrected chi connectivity index (χ0v) is 11.6. The second-order valence-electron chi connectivity index (χ2n) is 4.04. The fraction of sp³-hybridized carbons (Fsp3) is 0.154. The average molecular weight is 297 g/mol. The summed E-state index contributed by atoms with van der Waals surface area (Å²) in [5.74, 6) is -0.269. The quantitative estimate of drug-likeness (QED) is 0.819. The largest absolute Gasteiger partial charge is 0.292 e. The van der Waals surface area contributed by atoms with E-state index in [0.717, 1.165) is 0 Å². The van der Waals surface area contributed by atoms with Crippen molar-refractivity contribution in [1.29, 1.82) is 0 Å². The van der Waals surface area contributed by atoms with Gasteiger partial charge in [-0.25, -0.2) is 4.98 Å². The number of aryl methyl sites for hydroxylation is 1. The number of Topliss-reactive ketones (excluding diaryl/α,β-unsaturated/α-hetero) is 1. The van der Waals surface area contributed by atoms with Crippen molar-refractivity contribution in [2.24, 2.45) is 0 Å². The second-order valence-corrected chi connectivity index (χ2v) is 4.89. The topological polar surface area (TPSA) is 52.0 Å².